The van der Waals surface area contributed by atoms with Gasteiger partial charge in [0.1, 0.15) is 5.65 Å². The van der Waals surface area contributed by atoms with Crippen LogP contribution in [0.25, 0.3) is 110 Å². The van der Waals surface area contributed by atoms with Gasteiger partial charge in [0.2, 0.25) is 5.95 Å². The third kappa shape index (κ3) is 3.65. The Labute approximate surface area is 297 Å². The van der Waals surface area contributed by atoms with Crippen molar-refractivity contribution < 1.29 is 0 Å². The van der Waals surface area contributed by atoms with E-state index in [4.69, 9.17) is 9.97 Å². The summed E-state index contributed by atoms with van der Waals surface area (Å²) in [7, 11) is 0. The van der Waals surface area contributed by atoms with Crippen molar-refractivity contribution in [2.45, 2.75) is 0 Å². The number of fused-ring (bicyclic) bond motifs is 16. The predicted molar refractivity (Wildman–Crippen MR) is 218 cm³/mol. The van der Waals surface area contributed by atoms with Crippen LogP contribution in [0, 0.1) is 0 Å². The molecule has 0 fully saturated rings. The summed E-state index contributed by atoms with van der Waals surface area (Å²) < 4.78 is 4.61. The van der Waals surface area contributed by atoms with Gasteiger partial charge in [-0.25, -0.2) is 9.97 Å². The van der Waals surface area contributed by atoms with E-state index < -0.39 is 0 Å². The van der Waals surface area contributed by atoms with Crippen molar-refractivity contribution in [1.82, 2.24) is 18.9 Å². The van der Waals surface area contributed by atoms with Crippen LogP contribution in [0.1, 0.15) is 0 Å². The summed E-state index contributed by atoms with van der Waals surface area (Å²) in [6, 6.07) is 61.3. The Morgan fingerprint density at radius 3 is 1.62 bits per heavy atom. The van der Waals surface area contributed by atoms with Crippen LogP contribution in [0.15, 0.2) is 170 Å². The van der Waals surface area contributed by atoms with Crippen molar-refractivity contribution in [2.24, 2.45) is 0 Å². The molecule has 0 unspecified atom stereocenters. The van der Waals surface area contributed by atoms with E-state index in [0.717, 1.165) is 44.6 Å². The van der Waals surface area contributed by atoms with Crippen molar-refractivity contribution >= 4 is 92.5 Å². The normalized spacial score (nSPS) is 12.2. The van der Waals surface area contributed by atoms with Crippen molar-refractivity contribution in [1.29, 1.82) is 0 Å². The summed E-state index contributed by atoms with van der Waals surface area (Å²) >= 11 is 0. The lowest BCUT2D eigenvalue weighted by Crippen LogP contribution is -2.06. The molecule has 4 nitrogen and oxygen atoms in total. The maximum absolute atomic E-state index is 5.43. The first-order valence-corrected chi connectivity index (χ1v) is 17.8. The van der Waals surface area contributed by atoms with Crippen molar-refractivity contribution in [3.05, 3.63) is 170 Å². The van der Waals surface area contributed by atoms with Gasteiger partial charge in [0.05, 0.1) is 27.6 Å². The molecule has 52 heavy (non-hydrogen) atoms. The van der Waals surface area contributed by atoms with Crippen LogP contribution in [0.5, 0.6) is 0 Å². The highest BCUT2D eigenvalue weighted by atomic mass is 15.2. The van der Waals surface area contributed by atoms with E-state index >= 15 is 0 Å². The number of nitrogens with zero attached hydrogens (tertiary/aromatic N) is 4. The Balaban J connectivity index is 1.23. The smallest absolute Gasteiger partial charge is 0.221 e. The van der Waals surface area contributed by atoms with Gasteiger partial charge < -0.3 is 0 Å². The predicted octanol–water partition coefficient (Wildman–Crippen LogP) is 12.4. The first-order chi connectivity index (χ1) is 25.8. The molecule has 0 bridgehead atoms. The molecule has 0 aliphatic carbocycles. The molecular weight excluding hydrogens is 633 g/mol. The lowest BCUT2D eigenvalue weighted by atomic mass is 9.90. The van der Waals surface area contributed by atoms with E-state index in [1.54, 1.807) is 0 Å². The van der Waals surface area contributed by atoms with Crippen molar-refractivity contribution in [2.75, 3.05) is 0 Å². The average Bonchev–Trinajstić information content (AvgIpc) is 3.77. The first-order valence-electron chi connectivity index (χ1n) is 17.8. The van der Waals surface area contributed by atoms with E-state index in [-0.39, 0.29) is 0 Å². The number of imidazole rings is 1. The van der Waals surface area contributed by atoms with Crippen molar-refractivity contribution in [3.8, 4) is 17.1 Å². The molecule has 0 saturated carbocycles. The first kappa shape index (κ1) is 27.7. The van der Waals surface area contributed by atoms with E-state index in [1.165, 1.54) is 65.0 Å². The average molecular weight is 661 g/mol. The molecule has 0 N–H and O–H groups in total. The Hall–Kier alpha value is -7.04. The lowest BCUT2D eigenvalue weighted by Gasteiger charge is -2.15. The zero-order valence-corrected chi connectivity index (χ0v) is 28.0. The minimum atomic E-state index is 0.829. The number of hydrogen-bond acceptors (Lipinski definition) is 2. The summed E-state index contributed by atoms with van der Waals surface area (Å²) in [5.41, 5.74) is 8.48. The largest absolute Gasteiger partial charge is 0.278 e. The standard InChI is InChI=1S/C48H28N4/c1-2-15-32-30(13-1)31-14-3-4-16-33(31)40-27-29(25-26-35(32)40)39-28-41-36-18-8-11-23-44(36)51(46(41)37-19-6-5-17-34(37)39)48-50-42-21-9-7-20-38(42)47-49-43-22-10-12-24-45(43)52(47)48/h1-28H. The maximum atomic E-state index is 5.43. The Morgan fingerprint density at radius 2 is 0.885 bits per heavy atom. The molecule has 9 aromatic carbocycles. The number of hydrogen-bond donors (Lipinski definition) is 0. The highest BCUT2D eigenvalue weighted by molar-refractivity contribution is 6.27. The molecule has 4 heteroatoms. The van der Waals surface area contributed by atoms with Crippen LogP contribution in [-0.4, -0.2) is 18.9 Å². The van der Waals surface area contributed by atoms with Gasteiger partial charge in [0.25, 0.3) is 0 Å². The molecule has 0 aliphatic heterocycles. The summed E-state index contributed by atoms with van der Waals surface area (Å²) in [6.45, 7) is 0. The Kier molecular flexibility index (Phi) is 5.47. The second-order valence-electron chi connectivity index (χ2n) is 13.8. The van der Waals surface area contributed by atoms with Crippen LogP contribution in [0.3, 0.4) is 0 Å². The lowest BCUT2D eigenvalue weighted by molar-refractivity contribution is 0.982. The minimum absolute atomic E-state index is 0.829. The minimum Gasteiger partial charge on any atom is -0.278 e. The number of rotatable bonds is 2. The molecule has 0 saturated heterocycles. The third-order valence-corrected chi connectivity index (χ3v) is 11.1. The van der Waals surface area contributed by atoms with E-state index in [9.17, 15) is 0 Å². The maximum Gasteiger partial charge on any atom is 0.221 e. The fourth-order valence-corrected chi connectivity index (χ4v) is 8.82. The molecule has 0 radical (unpaired) electrons. The highest BCUT2D eigenvalue weighted by Crippen LogP contribution is 2.43. The summed E-state index contributed by atoms with van der Waals surface area (Å²) in [5.74, 6) is 0.829. The van der Waals surface area contributed by atoms with Gasteiger partial charge in [-0.2, -0.15) is 0 Å². The fraction of sp³-hybridized carbons (Fsp3) is 0. The quantitative estimate of drug-likeness (QED) is 0.173. The van der Waals surface area contributed by atoms with Gasteiger partial charge in [-0.1, -0.05) is 127 Å². The highest BCUT2D eigenvalue weighted by Gasteiger charge is 2.23. The third-order valence-electron chi connectivity index (χ3n) is 11.1. The molecule has 3 heterocycles. The van der Waals surface area contributed by atoms with Crippen LogP contribution in [0.2, 0.25) is 0 Å². The summed E-state index contributed by atoms with van der Waals surface area (Å²) in [6.07, 6.45) is 0. The van der Waals surface area contributed by atoms with Crippen LogP contribution >= 0.6 is 0 Å². The molecule has 0 aliphatic rings. The van der Waals surface area contributed by atoms with Crippen LogP contribution in [-0.2, 0) is 0 Å². The molecule has 0 amide bonds. The summed E-state index contributed by atoms with van der Waals surface area (Å²) in [4.78, 5) is 10.6. The van der Waals surface area contributed by atoms with Gasteiger partial charge in [-0.05, 0) is 91.3 Å². The van der Waals surface area contributed by atoms with E-state index in [1.807, 2.05) is 0 Å². The zero-order chi connectivity index (χ0) is 33.9. The van der Waals surface area contributed by atoms with Gasteiger partial charge in [-0.15, -0.1) is 0 Å². The Bertz CT molecular complexity index is 3440. The number of para-hydroxylation sites is 4. The fourth-order valence-electron chi connectivity index (χ4n) is 8.82. The number of benzene rings is 9. The molecule has 12 rings (SSSR count). The molecule has 0 atom stereocenters. The van der Waals surface area contributed by atoms with Gasteiger partial charge in [-0.3, -0.25) is 8.97 Å². The van der Waals surface area contributed by atoms with Gasteiger partial charge >= 0.3 is 0 Å². The second kappa shape index (κ2) is 10.3. The van der Waals surface area contributed by atoms with Crippen molar-refractivity contribution in [3.63, 3.8) is 0 Å². The topological polar surface area (TPSA) is 35.1 Å². The molecule has 12 aromatic rings. The molecule has 3 aromatic heterocycles. The molecule has 0 spiro atoms. The zero-order valence-electron chi connectivity index (χ0n) is 28.0. The monoisotopic (exact) mass is 660 g/mol. The second-order valence-corrected chi connectivity index (χ2v) is 13.8. The number of aromatic nitrogens is 4. The summed E-state index contributed by atoms with van der Waals surface area (Å²) in [5, 5.41) is 13.5. The van der Waals surface area contributed by atoms with Crippen LogP contribution in [0.4, 0.5) is 0 Å². The van der Waals surface area contributed by atoms with Gasteiger partial charge in [0, 0.05) is 21.5 Å². The SMILES string of the molecule is c1ccc2c(c1)nc(-n1c3ccccc3c3cc(-c4ccc5c6ccccc6c6ccccc6c5c4)c4ccccc4c31)n1c3ccccc3nc21. The van der Waals surface area contributed by atoms with Gasteiger partial charge in [0.15, 0.2) is 0 Å². The van der Waals surface area contributed by atoms with E-state index in [0.29, 0.717) is 0 Å². The molecular formula is C48H28N4. The Morgan fingerprint density at radius 1 is 0.346 bits per heavy atom. The van der Waals surface area contributed by atoms with E-state index in [2.05, 4.69) is 179 Å². The molecule has 240 valence electrons. The van der Waals surface area contributed by atoms with Crippen LogP contribution < -0.4 is 0 Å².